The van der Waals surface area contributed by atoms with Gasteiger partial charge >= 0.3 is 0 Å². The van der Waals surface area contributed by atoms with Crippen LogP contribution in [0.15, 0.2) is 40.8 Å². The smallest absolute Gasteiger partial charge is 0.240 e. The van der Waals surface area contributed by atoms with Gasteiger partial charge in [0.2, 0.25) is 5.91 Å². The van der Waals surface area contributed by atoms with E-state index in [1.54, 1.807) is 0 Å². The first-order chi connectivity index (χ1) is 10.8. The quantitative estimate of drug-likeness (QED) is 0.919. The van der Waals surface area contributed by atoms with Crippen molar-refractivity contribution in [2.45, 2.75) is 31.8 Å². The molecule has 1 aromatic carbocycles. The number of amides is 1. The van der Waals surface area contributed by atoms with E-state index in [1.807, 2.05) is 23.1 Å². The molecule has 2 aromatic rings. The standard InChI is InChI=1S/C18H20N2O2.ClH/c21-18(15-7-4-9-19-15)20-10-8-14-11-16(22-17(14)12-20)13-5-2-1-3-6-13;/h1-3,5-6,11,15,19H,4,7-10,12H2;1H. The summed E-state index contributed by atoms with van der Waals surface area (Å²) in [5.74, 6) is 2.07. The maximum absolute atomic E-state index is 12.5. The van der Waals surface area contributed by atoms with E-state index >= 15 is 0 Å². The number of hydrogen-bond donors (Lipinski definition) is 1. The molecule has 0 aliphatic carbocycles. The molecule has 1 N–H and O–H groups in total. The van der Waals surface area contributed by atoms with Crippen LogP contribution in [0.2, 0.25) is 0 Å². The highest BCUT2D eigenvalue weighted by molar-refractivity contribution is 5.85. The number of nitrogens with one attached hydrogen (secondary N) is 1. The van der Waals surface area contributed by atoms with Gasteiger partial charge in [0.1, 0.15) is 11.5 Å². The van der Waals surface area contributed by atoms with Gasteiger partial charge in [0.05, 0.1) is 12.6 Å². The number of rotatable bonds is 2. The molecule has 1 fully saturated rings. The summed E-state index contributed by atoms with van der Waals surface area (Å²) in [6.45, 7) is 2.34. The minimum Gasteiger partial charge on any atom is -0.459 e. The Balaban J connectivity index is 0.00000156. The molecule has 1 amide bonds. The molecule has 4 rings (SSSR count). The van der Waals surface area contributed by atoms with Crippen molar-refractivity contribution < 1.29 is 9.21 Å². The summed E-state index contributed by atoms with van der Waals surface area (Å²) in [6, 6.07) is 12.3. The maximum atomic E-state index is 12.5. The van der Waals surface area contributed by atoms with Gasteiger partial charge in [-0.15, -0.1) is 12.4 Å². The van der Waals surface area contributed by atoms with Gasteiger partial charge in [-0.2, -0.15) is 0 Å². The van der Waals surface area contributed by atoms with Gasteiger partial charge in [-0.25, -0.2) is 0 Å². The zero-order valence-corrected chi connectivity index (χ0v) is 13.8. The fourth-order valence-electron chi connectivity index (χ4n) is 3.37. The Kier molecular flexibility index (Phi) is 4.74. The second-order valence-electron chi connectivity index (χ2n) is 6.08. The molecule has 122 valence electrons. The van der Waals surface area contributed by atoms with E-state index in [-0.39, 0.29) is 24.4 Å². The van der Waals surface area contributed by atoms with Gasteiger partial charge in [-0.05, 0) is 37.4 Å². The Hall–Kier alpha value is -1.78. The SMILES string of the molecule is Cl.O=C(C1CCCN1)N1CCc2cc(-c3ccccc3)oc2C1. The molecule has 0 bridgehead atoms. The first kappa shape index (κ1) is 16.1. The number of carbonyl (C=O) groups excluding carboxylic acids is 1. The fourth-order valence-corrected chi connectivity index (χ4v) is 3.37. The van der Waals surface area contributed by atoms with Crippen molar-refractivity contribution in [3.05, 3.63) is 47.7 Å². The molecule has 0 saturated carbocycles. The van der Waals surface area contributed by atoms with Crippen LogP contribution in [0.3, 0.4) is 0 Å². The van der Waals surface area contributed by atoms with Crippen molar-refractivity contribution in [1.82, 2.24) is 10.2 Å². The van der Waals surface area contributed by atoms with E-state index in [0.717, 1.165) is 49.4 Å². The Labute approximate surface area is 142 Å². The van der Waals surface area contributed by atoms with Gasteiger partial charge in [-0.1, -0.05) is 30.3 Å². The molecular formula is C18H21ClN2O2. The zero-order chi connectivity index (χ0) is 14.9. The van der Waals surface area contributed by atoms with Crippen LogP contribution in [0.1, 0.15) is 24.2 Å². The average Bonchev–Trinajstić information content (AvgIpc) is 3.23. The summed E-state index contributed by atoms with van der Waals surface area (Å²) in [6.07, 6.45) is 2.92. The molecule has 1 atom stereocenters. The summed E-state index contributed by atoms with van der Waals surface area (Å²) in [5, 5.41) is 3.29. The highest BCUT2D eigenvalue weighted by Gasteiger charge is 2.30. The van der Waals surface area contributed by atoms with Gasteiger partial charge < -0.3 is 14.6 Å². The highest BCUT2D eigenvalue weighted by Crippen LogP contribution is 2.29. The number of halogens is 1. The summed E-state index contributed by atoms with van der Waals surface area (Å²) >= 11 is 0. The van der Waals surface area contributed by atoms with Gasteiger partial charge in [0.25, 0.3) is 0 Å². The molecule has 3 heterocycles. The first-order valence-corrected chi connectivity index (χ1v) is 8.00. The molecule has 5 heteroatoms. The molecule has 2 aliphatic rings. The van der Waals surface area contributed by atoms with Crippen molar-refractivity contribution in [3.63, 3.8) is 0 Å². The molecule has 1 saturated heterocycles. The molecule has 1 unspecified atom stereocenters. The second-order valence-corrected chi connectivity index (χ2v) is 6.08. The monoisotopic (exact) mass is 332 g/mol. The van der Waals surface area contributed by atoms with Gasteiger partial charge in [0, 0.05) is 12.1 Å². The van der Waals surface area contributed by atoms with Crippen LogP contribution in [-0.4, -0.2) is 29.9 Å². The molecule has 0 radical (unpaired) electrons. The maximum Gasteiger partial charge on any atom is 0.240 e. The molecular weight excluding hydrogens is 312 g/mol. The van der Waals surface area contributed by atoms with E-state index in [2.05, 4.69) is 23.5 Å². The number of nitrogens with zero attached hydrogens (tertiary/aromatic N) is 1. The van der Waals surface area contributed by atoms with Crippen LogP contribution in [0, 0.1) is 0 Å². The van der Waals surface area contributed by atoms with Crippen LogP contribution < -0.4 is 5.32 Å². The molecule has 1 aromatic heterocycles. The van der Waals surface area contributed by atoms with Crippen LogP contribution in [0.5, 0.6) is 0 Å². The lowest BCUT2D eigenvalue weighted by Crippen LogP contribution is -2.45. The summed E-state index contributed by atoms with van der Waals surface area (Å²) in [4.78, 5) is 14.4. The van der Waals surface area contributed by atoms with Crippen LogP contribution in [0.25, 0.3) is 11.3 Å². The van der Waals surface area contributed by atoms with Crippen molar-refractivity contribution >= 4 is 18.3 Å². The van der Waals surface area contributed by atoms with Crippen molar-refractivity contribution in [1.29, 1.82) is 0 Å². The lowest BCUT2D eigenvalue weighted by Gasteiger charge is -2.28. The summed E-state index contributed by atoms with van der Waals surface area (Å²) in [7, 11) is 0. The Morgan fingerprint density at radius 2 is 2.09 bits per heavy atom. The summed E-state index contributed by atoms with van der Waals surface area (Å²) in [5.41, 5.74) is 2.33. The second kappa shape index (κ2) is 6.77. The Morgan fingerprint density at radius 3 is 2.83 bits per heavy atom. The molecule has 2 aliphatic heterocycles. The predicted octanol–water partition coefficient (Wildman–Crippen LogP) is 3.01. The minimum atomic E-state index is 0. The van der Waals surface area contributed by atoms with Crippen LogP contribution in [-0.2, 0) is 17.8 Å². The number of carbonyl (C=O) groups is 1. The van der Waals surface area contributed by atoms with Crippen LogP contribution in [0.4, 0.5) is 0 Å². The first-order valence-electron chi connectivity index (χ1n) is 8.00. The number of hydrogen-bond acceptors (Lipinski definition) is 3. The average molecular weight is 333 g/mol. The molecule has 23 heavy (non-hydrogen) atoms. The Bertz CT molecular complexity index is 678. The van der Waals surface area contributed by atoms with E-state index < -0.39 is 0 Å². The van der Waals surface area contributed by atoms with Gasteiger partial charge in [-0.3, -0.25) is 4.79 Å². The lowest BCUT2D eigenvalue weighted by molar-refractivity contribution is -0.134. The highest BCUT2D eigenvalue weighted by atomic mass is 35.5. The molecule has 4 nitrogen and oxygen atoms in total. The van der Waals surface area contributed by atoms with E-state index in [1.165, 1.54) is 5.56 Å². The predicted molar refractivity (Wildman–Crippen MR) is 91.5 cm³/mol. The Morgan fingerprint density at radius 1 is 1.26 bits per heavy atom. The fraction of sp³-hybridized carbons (Fsp3) is 0.389. The number of benzene rings is 1. The third-order valence-electron chi connectivity index (χ3n) is 4.61. The third kappa shape index (κ3) is 3.14. The zero-order valence-electron chi connectivity index (χ0n) is 13.0. The number of fused-ring (bicyclic) bond motifs is 1. The largest absolute Gasteiger partial charge is 0.459 e. The topological polar surface area (TPSA) is 45.5 Å². The van der Waals surface area contributed by atoms with E-state index in [0.29, 0.717) is 6.54 Å². The van der Waals surface area contributed by atoms with E-state index in [9.17, 15) is 4.79 Å². The number of furan rings is 1. The third-order valence-corrected chi connectivity index (χ3v) is 4.61. The normalized spacial score (nSPS) is 20.0. The van der Waals surface area contributed by atoms with E-state index in [4.69, 9.17) is 4.42 Å². The summed E-state index contributed by atoms with van der Waals surface area (Å²) < 4.78 is 6.02. The van der Waals surface area contributed by atoms with Crippen molar-refractivity contribution in [3.8, 4) is 11.3 Å². The van der Waals surface area contributed by atoms with Crippen LogP contribution >= 0.6 is 12.4 Å². The molecule has 0 spiro atoms. The van der Waals surface area contributed by atoms with Crippen molar-refractivity contribution in [2.24, 2.45) is 0 Å². The minimum absolute atomic E-state index is 0. The van der Waals surface area contributed by atoms with Gasteiger partial charge in [0.15, 0.2) is 0 Å². The lowest BCUT2D eigenvalue weighted by atomic mass is 10.1. The van der Waals surface area contributed by atoms with Crippen molar-refractivity contribution in [2.75, 3.05) is 13.1 Å².